The fraction of sp³-hybridized carbons (Fsp3) is 0.500. The lowest BCUT2D eigenvalue weighted by atomic mass is 10.1. The smallest absolute Gasteiger partial charge is 0.227 e. The number of rotatable bonds is 6. The highest BCUT2D eigenvalue weighted by molar-refractivity contribution is 6.00. The van der Waals surface area contributed by atoms with Crippen LogP contribution in [0.3, 0.4) is 0 Å². The van der Waals surface area contributed by atoms with E-state index < -0.39 is 0 Å². The Balaban J connectivity index is 0.00000242. The summed E-state index contributed by atoms with van der Waals surface area (Å²) >= 11 is 0. The minimum atomic E-state index is -0.242. The summed E-state index contributed by atoms with van der Waals surface area (Å²) in [7, 11) is 1.89. The van der Waals surface area contributed by atoms with Crippen LogP contribution in [-0.2, 0) is 9.59 Å². The molecule has 1 fully saturated rings. The van der Waals surface area contributed by atoms with Crippen molar-refractivity contribution in [2.75, 3.05) is 31.6 Å². The molecule has 1 aromatic carbocycles. The molecule has 0 aliphatic carbocycles. The predicted octanol–water partition coefficient (Wildman–Crippen LogP) is 1.50. The first-order valence-corrected chi connectivity index (χ1v) is 7.41. The van der Waals surface area contributed by atoms with Gasteiger partial charge in [0.1, 0.15) is 0 Å². The van der Waals surface area contributed by atoms with Gasteiger partial charge in [0.15, 0.2) is 0 Å². The lowest BCUT2D eigenvalue weighted by molar-refractivity contribution is -0.126. The predicted molar refractivity (Wildman–Crippen MR) is 90.4 cm³/mol. The molecule has 1 unspecified atom stereocenters. The fourth-order valence-electron chi connectivity index (χ4n) is 2.48. The van der Waals surface area contributed by atoms with Crippen LogP contribution in [0.1, 0.15) is 18.4 Å². The van der Waals surface area contributed by atoms with E-state index in [1.54, 1.807) is 4.90 Å². The van der Waals surface area contributed by atoms with Crippen LogP contribution in [0.2, 0.25) is 0 Å². The summed E-state index contributed by atoms with van der Waals surface area (Å²) in [6.07, 6.45) is 1.19. The van der Waals surface area contributed by atoms with Gasteiger partial charge >= 0.3 is 0 Å². The molecule has 2 rings (SSSR count). The topological polar surface area (TPSA) is 61.4 Å². The average Bonchev–Trinajstić information content (AvgIpc) is 2.86. The molecule has 1 saturated heterocycles. The van der Waals surface area contributed by atoms with E-state index in [9.17, 15) is 9.59 Å². The quantitative estimate of drug-likeness (QED) is 0.779. The van der Waals surface area contributed by atoms with E-state index in [1.165, 1.54) is 0 Å². The van der Waals surface area contributed by atoms with Crippen molar-refractivity contribution in [3.63, 3.8) is 0 Å². The van der Waals surface area contributed by atoms with Crippen molar-refractivity contribution in [3.8, 4) is 0 Å². The standard InChI is InChI=1S/C16H23N3O2.ClH/c1-12-4-6-14(7-5-12)19-11-13(10-15(19)20)16(21)18-9-3-8-17-2;/h4-7,13,17H,3,8-11H2,1-2H3,(H,18,21);1H. The van der Waals surface area contributed by atoms with Crippen LogP contribution in [-0.4, -0.2) is 38.5 Å². The molecular formula is C16H24ClN3O2. The number of benzene rings is 1. The van der Waals surface area contributed by atoms with Gasteiger partial charge < -0.3 is 15.5 Å². The lowest BCUT2D eigenvalue weighted by Crippen LogP contribution is -2.34. The molecule has 1 aliphatic heterocycles. The third kappa shape index (κ3) is 4.71. The Bertz CT molecular complexity index is 505. The zero-order valence-corrected chi connectivity index (χ0v) is 13.9. The molecule has 1 aliphatic rings. The number of hydrogen-bond acceptors (Lipinski definition) is 3. The number of anilines is 1. The van der Waals surface area contributed by atoms with Crippen molar-refractivity contribution >= 4 is 29.9 Å². The molecule has 0 spiro atoms. The Morgan fingerprint density at radius 3 is 2.59 bits per heavy atom. The van der Waals surface area contributed by atoms with Crippen molar-refractivity contribution < 1.29 is 9.59 Å². The van der Waals surface area contributed by atoms with Gasteiger partial charge in [0, 0.05) is 25.2 Å². The van der Waals surface area contributed by atoms with Crippen LogP contribution < -0.4 is 15.5 Å². The number of aryl methyl sites for hydroxylation is 1. The monoisotopic (exact) mass is 325 g/mol. The lowest BCUT2D eigenvalue weighted by Gasteiger charge is -2.17. The van der Waals surface area contributed by atoms with Crippen LogP contribution in [0.15, 0.2) is 24.3 Å². The van der Waals surface area contributed by atoms with Gasteiger partial charge in [-0.3, -0.25) is 9.59 Å². The molecule has 1 atom stereocenters. The molecule has 1 aromatic rings. The van der Waals surface area contributed by atoms with Gasteiger partial charge in [0.25, 0.3) is 0 Å². The third-order valence-electron chi connectivity index (χ3n) is 3.74. The van der Waals surface area contributed by atoms with E-state index in [2.05, 4.69) is 10.6 Å². The summed E-state index contributed by atoms with van der Waals surface area (Å²) in [4.78, 5) is 25.9. The summed E-state index contributed by atoms with van der Waals surface area (Å²) in [6, 6.07) is 7.82. The Labute approximate surface area is 137 Å². The highest BCUT2D eigenvalue weighted by Crippen LogP contribution is 2.25. The number of halogens is 1. The zero-order valence-electron chi connectivity index (χ0n) is 13.1. The van der Waals surface area contributed by atoms with E-state index in [1.807, 2.05) is 38.2 Å². The fourth-order valence-corrected chi connectivity index (χ4v) is 2.48. The highest BCUT2D eigenvalue weighted by Gasteiger charge is 2.34. The molecule has 6 heteroatoms. The molecule has 5 nitrogen and oxygen atoms in total. The van der Waals surface area contributed by atoms with E-state index in [0.717, 1.165) is 24.2 Å². The molecule has 2 amide bonds. The van der Waals surface area contributed by atoms with Crippen molar-refractivity contribution in [1.29, 1.82) is 0 Å². The summed E-state index contributed by atoms with van der Waals surface area (Å²) in [6.45, 7) is 4.00. The third-order valence-corrected chi connectivity index (χ3v) is 3.74. The van der Waals surface area contributed by atoms with Crippen molar-refractivity contribution in [3.05, 3.63) is 29.8 Å². The van der Waals surface area contributed by atoms with Gasteiger partial charge in [-0.2, -0.15) is 0 Å². The van der Waals surface area contributed by atoms with E-state index in [4.69, 9.17) is 0 Å². The minimum absolute atomic E-state index is 0. The summed E-state index contributed by atoms with van der Waals surface area (Å²) in [5.41, 5.74) is 2.03. The minimum Gasteiger partial charge on any atom is -0.356 e. The number of carbonyl (C=O) groups is 2. The van der Waals surface area contributed by atoms with Crippen LogP contribution in [0.5, 0.6) is 0 Å². The van der Waals surface area contributed by atoms with Gasteiger partial charge in [-0.25, -0.2) is 0 Å². The number of nitrogens with zero attached hydrogens (tertiary/aromatic N) is 1. The molecule has 0 aromatic heterocycles. The molecular weight excluding hydrogens is 302 g/mol. The first-order valence-electron chi connectivity index (χ1n) is 7.41. The van der Waals surface area contributed by atoms with Gasteiger partial charge in [0.2, 0.25) is 11.8 Å². The van der Waals surface area contributed by atoms with E-state index >= 15 is 0 Å². The number of hydrogen-bond donors (Lipinski definition) is 2. The first-order chi connectivity index (χ1) is 10.1. The number of amides is 2. The van der Waals surface area contributed by atoms with Crippen LogP contribution in [0, 0.1) is 12.8 Å². The molecule has 2 N–H and O–H groups in total. The first kappa shape index (κ1) is 18.5. The number of nitrogens with one attached hydrogen (secondary N) is 2. The second kappa shape index (κ2) is 8.76. The second-order valence-corrected chi connectivity index (χ2v) is 5.49. The largest absolute Gasteiger partial charge is 0.356 e. The average molecular weight is 326 g/mol. The van der Waals surface area contributed by atoms with Gasteiger partial charge in [-0.05, 0) is 39.1 Å². The summed E-state index contributed by atoms with van der Waals surface area (Å²) < 4.78 is 0. The van der Waals surface area contributed by atoms with Gasteiger partial charge in [-0.1, -0.05) is 17.7 Å². The van der Waals surface area contributed by atoms with Crippen LogP contribution in [0.25, 0.3) is 0 Å². The van der Waals surface area contributed by atoms with E-state index in [0.29, 0.717) is 19.5 Å². The Hall–Kier alpha value is -1.59. The van der Waals surface area contributed by atoms with Gasteiger partial charge in [-0.15, -0.1) is 12.4 Å². The maximum absolute atomic E-state index is 12.1. The molecule has 22 heavy (non-hydrogen) atoms. The summed E-state index contributed by atoms with van der Waals surface area (Å²) in [5, 5.41) is 5.94. The second-order valence-electron chi connectivity index (χ2n) is 5.49. The van der Waals surface area contributed by atoms with Gasteiger partial charge in [0.05, 0.1) is 5.92 Å². The molecule has 0 radical (unpaired) electrons. The SMILES string of the molecule is CNCCCNC(=O)C1CC(=O)N(c2ccc(C)cc2)C1.Cl. The maximum Gasteiger partial charge on any atom is 0.227 e. The summed E-state index contributed by atoms with van der Waals surface area (Å²) in [5.74, 6) is -0.239. The van der Waals surface area contributed by atoms with Crippen molar-refractivity contribution in [2.45, 2.75) is 19.8 Å². The van der Waals surface area contributed by atoms with E-state index in [-0.39, 0.29) is 30.1 Å². The normalized spacial score (nSPS) is 17.3. The molecule has 1 heterocycles. The van der Waals surface area contributed by atoms with Crippen molar-refractivity contribution in [1.82, 2.24) is 10.6 Å². The van der Waals surface area contributed by atoms with Crippen LogP contribution in [0.4, 0.5) is 5.69 Å². The Kier molecular flexibility index (Phi) is 7.35. The molecule has 0 saturated carbocycles. The van der Waals surface area contributed by atoms with Crippen LogP contribution >= 0.6 is 12.4 Å². The molecule has 122 valence electrons. The maximum atomic E-state index is 12.1. The zero-order chi connectivity index (χ0) is 15.2. The number of carbonyl (C=O) groups excluding carboxylic acids is 2. The molecule has 0 bridgehead atoms. The highest BCUT2D eigenvalue weighted by atomic mass is 35.5. The van der Waals surface area contributed by atoms with Crippen molar-refractivity contribution in [2.24, 2.45) is 5.92 Å². The Morgan fingerprint density at radius 1 is 1.27 bits per heavy atom. The Morgan fingerprint density at radius 2 is 1.95 bits per heavy atom.